The molecule has 0 saturated carbocycles. The first-order chi connectivity index (χ1) is 10.6. The van der Waals surface area contributed by atoms with Crippen LogP contribution in [0.15, 0.2) is 24.3 Å². The molecule has 8 heteroatoms. The third-order valence-corrected chi connectivity index (χ3v) is 3.03. The average molecular weight is 304 g/mol. The molecule has 8 nitrogen and oxygen atoms in total. The minimum absolute atomic E-state index is 0.125. The summed E-state index contributed by atoms with van der Waals surface area (Å²) in [6, 6.07) is 7.15. The van der Waals surface area contributed by atoms with Crippen LogP contribution in [0.3, 0.4) is 0 Å². The largest absolute Gasteiger partial charge is 0.497 e. The third kappa shape index (κ3) is 3.22. The number of rotatable bonds is 6. The lowest BCUT2D eigenvalue weighted by molar-refractivity contribution is -0.135. The van der Waals surface area contributed by atoms with Crippen molar-refractivity contribution in [3.8, 4) is 11.4 Å². The molecule has 0 saturated heterocycles. The van der Waals surface area contributed by atoms with Crippen LogP contribution in [0.5, 0.6) is 5.75 Å². The molecule has 0 bridgehead atoms. The van der Waals surface area contributed by atoms with E-state index >= 15 is 0 Å². The number of carbonyl (C=O) groups is 2. The van der Waals surface area contributed by atoms with Gasteiger partial charge >= 0.3 is 5.97 Å². The van der Waals surface area contributed by atoms with Gasteiger partial charge in [-0.25, -0.2) is 4.68 Å². The van der Waals surface area contributed by atoms with Gasteiger partial charge < -0.3 is 15.2 Å². The second-order valence-corrected chi connectivity index (χ2v) is 4.42. The highest BCUT2D eigenvalue weighted by atomic mass is 16.5. The molecule has 2 N–H and O–H groups in total. The van der Waals surface area contributed by atoms with Crippen LogP contribution in [0, 0.1) is 0 Å². The van der Waals surface area contributed by atoms with E-state index in [1.807, 2.05) is 6.92 Å². The maximum Gasteiger partial charge on any atom is 0.322 e. The summed E-state index contributed by atoms with van der Waals surface area (Å²) >= 11 is 0. The maximum atomic E-state index is 12.0. The molecule has 0 spiro atoms. The first-order valence-corrected chi connectivity index (χ1v) is 6.65. The van der Waals surface area contributed by atoms with Crippen molar-refractivity contribution in [3.05, 3.63) is 35.7 Å². The molecule has 2 aromatic rings. The summed E-state index contributed by atoms with van der Waals surface area (Å²) in [4.78, 5) is 22.5. The van der Waals surface area contributed by atoms with E-state index in [1.165, 1.54) is 0 Å². The number of hydrogen-bond acceptors (Lipinski definition) is 5. The molecule has 116 valence electrons. The van der Waals surface area contributed by atoms with Gasteiger partial charge in [-0.3, -0.25) is 9.59 Å². The Kier molecular flexibility index (Phi) is 4.72. The number of benzene rings is 1. The summed E-state index contributed by atoms with van der Waals surface area (Å²) in [6.45, 7) is 1.41. The molecule has 1 amide bonds. The summed E-state index contributed by atoms with van der Waals surface area (Å²) in [5, 5.41) is 18.7. The molecule has 0 fully saturated rings. The molecule has 2 rings (SSSR count). The number of amides is 1. The Balaban J connectivity index is 2.30. The summed E-state index contributed by atoms with van der Waals surface area (Å²) in [5.41, 5.74) is 1.47. The van der Waals surface area contributed by atoms with Crippen LogP contribution in [0.25, 0.3) is 5.69 Å². The molecule has 0 aliphatic rings. The van der Waals surface area contributed by atoms with E-state index in [2.05, 4.69) is 15.6 Å². The van der Waals surface area contributed by atoms with Gasteiger partial charge in [0.25, 0.3) is 5.91 Å². The molecule has 1 heterocycles. The number of hydrogen-bond donors (Lipinski definition) is 2. The van der Waals surface area contributed by atoms with Gasteiger partial charge in [0, 0.05) is 0 Å². The highest BCUT2D eigenvalue weighted by Gasteiger charge is 2.19. The van der Waals surface area contributed by atoms with Gasteiger partial charge in [0.1, 0.15) is 12.3 Å². The average Bonchev–Trinajstić information content (AvgIpc) is 2.96. The lowest BCUT2D eigenvalue weighted by Crippen LogP contribution is -2.30. The van der Waals surface area contributed by atoms with Gasteiger partial charge in [0.15, 0.2) is 5.69 Å². The van der Waals surface area contributed by atoms with E-state index in [0.29, 0.717) is 17.9 Å². The van der Waals surface area contributed by atoms with Gasteiger partial charge in [-0.05, 0) is 30.7 Å². The zero-order valence-electron chi connectivity index (χ0n) is 12.2. The molecule has 1 aromatic heterocycles. The minimum Gasteiger partial charge on any atom is -0.497 e. The predicted octanol–water partition coefficient (Wildman–Crippen LogP) is 0.653. The number of aromatic nitrogens is 3. The van der Waals surface area contributed by atoms with Crippen molar-refractivity contribution >= 4 is 11.9 Å². The van der Waals surface area contributed by atoms with Gasteiger partial charge in [0.05, 0.1) is 18.5 Å². The molecular formula is C14H16N4O4. The highest BCUT2D eigenvalue weighted by molar-refractivity contribution is 5.95. The smallest absolute Gasteiger partial charge is 0.322 e. The third-order valence-electron chi connectivity index (χ3n) is 3.03. The van der Waals surface area contributed by atoms with Crippen LogP contribution >= 0.6 is 0 Å². The van der Waals surface area contributed by atoms with Crippen LogP contribution in [0.4, 0.5) is 0 Å². The topological polar surface area (TPSA) is 106 Å². The molecule has 0 aliphatic heterocycles. The number of carboxylic acid groups (broad SMARTS) is 1. The molecule has 22 heavy (non-hydrogen) atoms. The van der Waals surface area contributed by atoms with Gasteiger partial charge in [-0.1, -0.05) is 12.1 Å². The van der Waals surface area contributed by atoms with Crippen molar-refractivity contribution < 1.29 is 19.4 Å². The summed E-state index contributed by atoms with van der Waals surface area (Å²) in [5.74, 6) is -0.964. The van der Waals surface area contributed by atoms with E-state index < -0.39 is 18.4 Å². The monoisotopic (exact) mass is 304 g/mol. The van der Waals surface area contributed by atoms with Gasteiger partial charge in [-0.2, -0.15) is 0 Å². The molecular weight excluding hydrogens is 288 g/mol. The Labute approximate surface area is 126 Å². The number of methoxy groups -OCH3 is 1. The van der Waals surface area contributed by atoms with Crippen molar-refractivity contribution in [2.24, 2.45) is 0 Å². The van der Waals surface area contributed by atoms with Crippen molar-refractivity contribution in [1.29, 1.82) is 0 Å². The summed E-state index contributed by atoms with van der Waals surface area (Å²) in [7, 11) is 1.58. The molecule has 0 unspecified atom stereocenters. The molecule has 0 radical (unpaired) electrons. The zero-order valence-corrected chi connectivity index (χ0v) is 12.2. The standard InChI is InChI=1S/C14H16N4O4/c1-3-11-13(14(21)15-8-12(19)20)16-17-18(11)9-4-6-10(22-2)7-5-9/h4-7H,3,8H2,1-2H3,(H,15,21)(H,19,20). The van der Waals surface area contributed by atoms with Crippen molar-refractivity contribution in [1.82, 2.24) is 20.3 Å². The minimum atomic E-state index is -1.12. The quantitative estimate of drug-likeness (QED) is 0.811. The van der Waals surface area contributed by atoms with Crippen LogP contribution < -0.4 is 10.1 Å². The Morgan fingerprint density at radius 3 is 2.55 bits per heavy atom. The number of aliphatic carboxylic acids is 1. The lowest BCUT2D eigenvalue weighted by Gasteiger charge is -2.07. The molecule has 0 aliphatic carbocycles. The second kappa shape index (κ2) is 6.70. The number of carboxylic acids is 1. The van der Waals surface area contributed by atoms with E-state index in [1.54, 1.807) is 36.1 Å². The maximum absolute atomic E-state index is 12.0. The Morgan fingerprint density at radius 2 is 2.00 bits per heavy atom. The first kappa shape index (κ1) is 15.5. The fraction of sp³-hybridized carbons (Fsp3) is 0.286. The number of ether oxygens (including phenoxy) is 1. The van der Waals surface area contributed by atoms with Crippen LogP contribution in [-0.2, 0) is 11.2 Å². The van der Waals surface area contributed by atoms with Gasteiger partial charge in [-0.15, -0.1) is 5.10 Å². The normalized spacial score (nSPS) is 10.3. The lowest BCUT2D eigenvalue weighted by atomic mass is 10.2. The number of nitrogens with one attached hydrogen (secondary N) is 1. The Morgan fingerprint density at radius 1 is 1.32 bits per heavy atom. The van der Waals surface area contributed by atoms with Crippen LogP contribution in [0.2, 0.25) is 0 Å². The van der Waals surface area contributed by atoms with Crippen molar-refractivity contribution in [3.63, 3.8) is 0 Å². The van der Waals surface area contributed by atoms with E-state index in [4.69, 9.17) is 9.84 Å². The van der Waals surface area contributed by atoms with E-state index in [9.17, 15) is 9.59 Å². The zero-order chi connectivity index (χ0) is 16.1. The van der Waals surface area contributed by atoms with Crippen molar-refractivity contribution in [2.75, 3.05) is 13.7 Å². The Bertz CT molecular complexity index is 679. The van der Waals surface area contributed by atoms with E-state index in [-0.39, 0.29) is 5.69 Å². The van der Waals surface area contributed by atoms with Gasteiger partial charge in [0.2, 0.25) is 0 Å². The number of carbonyl (C=O) groups excluding carboxylic acids is 1. The Hall–Kier alpha value is -2.90. The fourth-order valence-electron chi connectivity index (χ4n) is 1.97. The number of nitrogens with zero attached hydrogens (tertiary/aromatic N) is 3. The first-order valence-electron chi connectivity index (χ1n) is 6.65. The predicted molar refractivity (Wildman–Crippen MR) is 77.3 cm³/mol. The molecule has 0 atom stereocenters. The summed E-state index contributed by atoms with van der Waals surface area (Å²) < 4.78 is 6.65. The summed E-state index contributed by atoms with van der Waals surface area (Å²) in [6.07, 6.45) is 0.523. The van der Waals surface area contributed by atoms with E-state index in [0.717, 1.165) is 5.69 Å². The SMILES string of the molecule is CCc1c(C(=O)NCC(=O)O)nnn1-c1ccc(OC)cc1. The molecule has 1 aromatic carbocycles. The van der Waals surface area contributed by atoms with Crippen LogP contribution in [0.1, 0.15) is 23.1 Å². The highest BCUT2D eigenvalue weighted by Crippen LogP contribution is 2.17. The second-order valence-electron chi connectivity index (χ2n) is 4.42. The van der Waals surface area contributed by atoms with Crippen molar-refractivity contribution in [2.45, 2.75) is 13.3 Å². The van der Waals surface area contributed by atoms with Crippen LogP contribution in [-0.4, -0.2) is 45.6 Å². The fourth-order valence-corrected chi connectivity index (χ4v) is 1.97.